The second-order valence-corrected chi connectivity index (χ2v) is 7.21. The molecule has 1 rings (SSSR count). The van der Waals surface area contributed by atoms with Crippen molar-refractivity contribution in [2.45, 2.75) is 59.4 Å². The number of nitrogens with zero attached hydrogens (tertiary/aromatic N) is 1. The summed E-state index contributed by atoms with van der Waals surface area (Å²) in [4.78, 5) is 25.8. The van der Waals surface area contributed by atoms with Crippen molar-refractivity contribution in [3.63, 3.8) is 0 Å². The summed E-state index contributed by atoms with van der Waals surface area (Å²) in [5, 5.41) is 2.88. The highest BCUT2D eigenvalue weighted by Crippen LogP contribution is 2.19. The Morgan fingerprint density at radius 3 is 2.55 bits per heavy atom. The first-order chi connectivity index (χ1) is 9.71. The fourth-order valence-electron chi connectivity index (χ4n) is 2.53. The second-order valence-electron chi connectivity index (χ2n) is 7.21. The highest BCUT2D eigenvalue weighted by atomic mass is 35.5. The van der Waals surface area contributed by atoms with Crippen molar-refractivity contribution in [2.75, 3.05) is 19.6 Å². The molecule has 1 aliphatic rings. The van der Waals surface area contributed by atoms with Gasteiger partial charge in [-0.15, -0.1) is 12.4 Å². The minimum absolute atomic E-state index is 0. The lowest BCUT2D eigenvalue weighted by atomic mass is 9.92. The second kappa shape index (κ2) is 9.36. The molecule has 5 nitrogen and oxygen atoms in total. The molecule has 0 aromatic rings. The molecule has 0 bridgehead atoms. The Morgan fingerprint density at radius 2 is 2.00 bits per heavy atom. The molecule has 0 spiro atoms. The minimum atomic E-state index is -0.374. The van der Waals surface area contributed by atoms with Crippen LogP contribution < -0.4 is 11.1 Å². The smallest absolute Gasteiger partial charge is 0.225 e. The lowest BCUT2D eigenvalue weighted by Crippen LogP contribution is -2.45. The molecule has 0 aromatic heterocycles. The number of rotatable bonds is 5. The van der Waals surface area contributed by atoms with E-state index < -0.39 is 0 Å². The molecule has 0 radical (unpaired) electrons. The van der Waals surface area contributed by atoms with Crippen molar-refractivity contribution < 1.29 is 9.59 Å². The van der Waals surface area contributed by atoms with Gasteiger partial charge in [-0.3, -0.25) is 9.59 Å². The third-order valence-electron chi connectivity index (χ3n) is 4.09. The standard InChI is InChI=1S/C16H31N3O2.ClH/c1-12(17)13-7-6-10-19(11-13)14(20)8-5-9-18-15(21)16(2,3)4;/h12-13H,5-11,17H2,1-4H3,(H,18,21);1H. The Balaban J connectivity index is 0.00000441. The van der Waals surface area contributed by atoms with Gasteiger partial charge in [0.1, 0.15) is 0 Å². The van der Waals surface area contributed by atoms with E-state index in [-0.39, 0.29) is 35.7 Å². The van der Waals surface area contributed by atoms with Crippen LogP contribution in [0.15, 0.2) is 0 Å². The molecule has 1 saturated heterocycles. The molecule has 1 fully saturated rings. The van der Waals surface area contributed by atoms with E-state index in [1.807, 2.05) is 32.6 Å². The maximum Gasteiger partial charge on any atom is 0.225 e. The summed E-state index contributed by atoms with van der Waals surface area (Å²) >= 11 is 0. The first-order valence-electron chi connectivity index (χ1n) is 8.03. The zero-order valence-electron chi connectivity index (χ0n) is 14.4. The number of nitrogens with one attached hydrogen (secondary N) is 1. The minimum Gasteiger partial charge on any atom is -0.356 e. The van der Waals surface area contributed by atoms with Crippen molar-refractivity contribution >= 4 is 24.2 Å². The van der Waals surface area contributed by atoms with E-state index >= 15 is 0 Å². The first kappa shape index (κ1) is 21.2. The van der Waals surface area contributed by atoms with Gasteiger partial charge in [0.2, 0.25) is 11.8 Å². The number of hydrogen-bond acceptors (Lipinski definition) is 3. The Morgan fingerprint density at radius 1 is 1.36 bits per heavy atom. The van der Waals surface area contributed by atoms with E-state index in [2.05, 4.69) is 5.32 Å². The molecule has 1 heterocycles. The molecular formula is C16H32ClN3O2. The molecule has 130 valence electrons. The Labute approximate surface area is 140 Å². The summed E-state index contributed by atoms with van der Waals surface area (Å²) in [5.74, 6) is 0.638. The number of halogens is 1. The van der Waals surface area contributed by atoms with Gasteiger partial charge in [0.25, 0.3) is 0 Å². The first-order valence-corrected chi connectivity index (χ1v) is 8.03. The average molecular weight is 334 g/mol. The fraction of sp³-hybridized carbons (Fsp3) is 0.875. The van der Waals surface area contributed by atoms with Gasteiger partial charge in [-0.2, -0.15) is 0 Å². The van der Waals surface area contributed by atoms with Gasteiger partial charge in [-0.05, 0) is 32.1 Å². The molecule has 2 amide bonds. The quantitative estimate of drug-likeness (QED) is 0.755. The highest BCUT2D eigenvalue weighted by molar-refractivity contribution is 5.85. The van der Waals surface area contributed by atoms with Crippen molar-refractivity contribution in [2.24, 2.45) is 17.1 Å². The van der Waals surface area contributed by atoms with E-state index in [0.717, 1.165) is 25.9 Å². The van der Waals surface area contributed by atoms with Crippen LogP contribution in [0.2, 0.25) is 0 Å². The molecule has 6 heteroatoms. The van der Waals surface area contributed by atoms with Crippen LogP contribution in [0.5, 0.6) is 0 Å². The Hall–Kier alpha value is -0.810. The van der Waals surface area contributed by atoms with Crippen molar-refractivity contribution in [1.29, 1.82) is 0 Å². The molecule has 1 aliphatic heterocycles. The molecule has 22 heavy (non-hydrogen) atoms. The number of carbonyl (C=O) groups is 2. The Kier molecular flexibility index (Phi) is 9.01. The normalized spacial score (nSPS) is 20.0. The van der Waals surface area contributed by atoms with Crippen molar-refractivity contribution in [1.82, 2.24) is 10.2 Å². The SMILES string of the molecule is CC(N)C1CCCN(C(=O)CCCNC(=O)C(C)(C)C)C1.Cl. The number of amides is 2. The van der Waals surface area contributed by atoms with E-state index in [1.54, 1.807) is 0 Å². The molecule has 2 unspecified atom stereocenters. The van der Waals surface area contributed by atoms with Crippen LogP contribution in [0, 0.1) is 11.3 Å². The lowest BCUT2D eigenvalue weighted by molar-refractivity contribution is -0.133. The molecule has 0 aliphatic carbocycles. The Bertz CT molecular complexity index is 367. The third kappa shape index (κ3) is 6.97. The maximum atomic E-state index is 12.2. The summed E-state index contributed by atoms with van der Waals surface area (Å²) in [6.45, 7) is 9.86. The van der Waals surface area contributed by atoms with Crippen molar-refractivity contribution in [3.8, 4) is 0 Å². The van der Waals surface area contributed by atoms with E-state index in [1.165, 1.54) is 0 Å². The molecular weight excluding hydrogens is 302 g/mol. The topological polar surface area (TPSA) is 75.4 Å². The van der Waals surface area contributed by atoms with Crippen molar-refractivity contribution in [3.05, 3.63) is 0 Å². The molecule has 0 saturated carbocycles. The number of carbonyl (C=O) groups excluding carboxylic acids is 2. The summed E-state index contributed by atoms with van der Waals surface area (Å²) in [5.41, 5.74) is 5.57. The van der Waals surface area contributed by atoms with Crippen LogP contribution in [-0.2, 0) is 9.59 Å². The van der Waals surface area contributed by atoms with Gasteiger partial charge in [0.15, 0.2) is 0 Å². The lowest BCUT2D eigenvalue weighted by Gasteiger charge is -2.34. The van der Waals surface area contributed by atoms with E-state index in [0.29, 0.717) is 25.3 Å². The van der Waals surface area contributed by atoms with Gasteiger partial charge in [0, 0.05) is 37.5 Å². The van der Waals surface area contributed by atoms with Crippen LogP contribution in [0.1, 0.15) is 53.4 Å². The number of hydrogen-bond donors (Lipinski definition) is 2. The predicted molar refractivity (Wildman–Crippen MR) is 91.9 cm³/mol. The zero-order chi connectivity index (χ0) is 16.0. The predicted octanol–water partition coefficient (Wildman–Crippen LogP) is 1.94. The number of nitrogens with two attached hydrogens (primary N) is 1. The monoisotopic (exact) mass is 333 g/mol. The van der Waals surface area contributed by atoms with Crippen LogP contribution in [0.4, 0.5) is 0 Å². The van der Waals surface area contributed by atoms with Crippen LogP contribution in [-0.4, -0.2) is 42.4 Å². The fourth-order valence-corrected chi connectivity index (χ4v) is 2.53. The zero-order valence-corrected chi connectivity index (χ0v) is 15.2. The molecule has 3 N–H and O–H groups in total. The summed E-state index contributed by atoms with van der Waals surface area (Å²) in [6.07, 6.45) is 3.35. The largest absolute Gasteiger partial charge is 0.356 e. The number of piperidine rings is 1. The van der Waals surface area contributed by atoms with E-state index in [9.17, 15) is 9.59 Å². The molecule has 0 aromatic carbocycles. The van der Waals surface area contributed by atoms with E-state index in [4.69, 9.17) is 5.73 Å². The third-order valence-corrected chi connectivity index (χ3v) is 4.09. The maximum absolute atomic E-state index is 12.2. The highest BCUT2D eigenvalue weighted by Gasteiger charge is 2.25. The van der Waals surface area contributed by atoms with Gasteiger partial charge in [0.05, 0.1) is 0 Å². The van der Waals surface area contributed by atoms with Crippen LogP contribution >= 0.6 is 12.4 Å². The van der Waals surface area contributed by atoms with Gasteiger partial charge >= 0.3 is 0 Å². The summed E-state index contributed by atoms with van der Waals surface area (Å²) < 4.78 is 0. The van der Waals surface area contributed by atoms with Gasteiger partial charge in [-0.1, -0.05) is 20.8 Å². The summed E-state index contributed by atoms with van der Waals surface area (Å²) in [7, 11) is 0. The van der Waals surface area contributed by atoms with Gasteiger partial charge < -0.3 is 16.0 Å². The van der Waals surface area contributed by atoms with Gasteiger partial charge in [-0.25, -0.2) is 0 Å². The van der Waals surface area contributed by atoms with Crippen LogP contribution in [0.3, 0.4) is 0 Å². The number of likely N-dealkylation sites (tertiary alicyclic amines) is 1. The molecule has 2 atom stereocenters. The van der Waals surface area contributed by atoms with Crippen LogP contribution in [0.25, 0.3) is 0 Å². The summed E-state index contributed by atoms with van der Waals surface area (Å²) in [6, 6.07) is 0.145. The average Bonchev–Trinajstić information content (AvgIpc) is 2.42.